The molecule has 104 valence electrons. The molecule has 0 radical (unpaired) electrons. The fraction of sp³-hybridized carbons (Fsp3) is 0.417. The van der Waals surface area contributed by atoms with E-state index < -0.39 is 15.3 Å². The smallest absolute Gasteiger partial charge is 0.235 e. The monoisotopic (exact) mass is 283 g/mol. The Labute approximate surface area is 112 Å². The molecule has 0 bridgehead atoms. The van der Waals surface area contributed by atoms with Crippen molar-refractivity contribution in [3.8, 4) is 0 Å². The average molecular weight is 283 g/mol. The number of amidine groups is 1. The van der Waals surface area contributed by atoms with Crippen molar-refractivity contribution in [2.45, 2.75) is 18.1 Å². The summed E-state index contributed by atoms with van der Waals surface area (Å²) >= 11 is 0. The van der Waals surface area contributed by atoms with Crippen molar-refractivity contribution in [3.63, 3.8) is 0 Å². The first-order valence-corrected chi connectivity index (χ1v) is 7.57. The summed E-state index contributed by atoms with van der Waals surface area (Å²) in [4.78, 5) is 0. The number of hydrogen-bond donors (Lipinski definition) is 3. The first-order valence-electron chi connectivity index (χ1n) is 6.03. The van der Waals surface area contributed by atoms with Gasteiger partial charge in [0.15, 0.2) is 0 Å². The Morgan fingerprint density at radius 2 is 2.05 bits per heavy atom. The van der Waals surface area contributed by atoms with Crippen molar-refractivity contribution in [1.82, 2.24) is 0 Å². The maximum absolute atomic E-state index is 12.2. The van der Waals surface area contributed by atoms with Crippen LogP contribution < -0.4 is 10.5 Å². The van der Waals surface area contributed by atoms with Crippen molar-refractivity contribution >= 4 is 21.5 Å². The molecule has 7 heteroatoms. The molecule has 1 heterocycles. The van der Waals surface area contributed by atoms with Gasteiger partial charge in [-0.2, -0.15) is 0 Å². The summed E-state index contributed by atoms with van der Waals surface area (Å²) in [6, 6.07) is 6.52. The summed E-state index contributed by atoms with van der Waals surface area (Å²) in [6.07, 6.45) is 1.00. The fourth-order valence-corrected chi connectivity index (χ4v) is 3.42. The van der Waals surface area contributed by atoms with Crippen LogP contribution in [0.15, 0.2) is 24.3 Å². The normalized spacial score (nSPS) is 17.1. The minimum absolute atomic E-state index is 0.0906. The van der Waals surface area contributed by atoms with E-state index >= 15 is 0 Å². The van der Waals surface area contributed by atoms with Crippen molar-refractivity contribution in [1.29, 1.82) is 5.41 Å². The van der Waals surface area contributed by atoms with Crippen molar-refractivity contribution in [3.05, 3.63) is 29.8 Å². The number of benzene rings is 1. The summed E-state index contributed by atoms with van der Waals surface area (Å²) in [6.45, 7) is 0.943. The lowest BCUT2D eigenvalue weighted by molar-refractivity contribution is 0.0984. The van der Waals surface area contributed by atoms with Crippen molar-refractivity contribution < 1.29 is 13.2 Å². The molecule has 1 aromatic rings. The number of sulfonamides is 1. The Kier molecular flexibility index (Phi) is 4.06. The highest BCUT2D eigenvalue weighted by atomic mass is 32.2. The van der Waals surface area contributed by atoms with Gasteiger partial charge >= 0.3 is 0 Å². The summed E-state index contributed by atoms with van der Waals surface area (Å²) in [5.74, 6) is -0.0906. The standard InChI is InChI=1S/C12H17N3O3S/c13-12(14)9-2-1-3-10(8-9)15-19(16,17)11-4-6-18-7-5-11/h1-3,8,11,15H,4-7H2,(H3,13,14). The third-order valence-corrected chi connectivity index (χ3v) is 4.91. The van der Waals surface area contributed by atoms with E-state index in [1.807, 2.05) is 0 Å². The second-order valence-corrected chi connectivity index (χ2v) is 6.41. The van der Waals surface area contributed by atoms with Crippen LogP contribution in [0.2, 0.25) is 0 Å². The van der Waals surface area contributed by atoms with Gasteiger partial charge in [0.1, 0.15) is 5.84 Å². The van der Waals surface area contributed by atoms with E-state index in [9.17, 15) is 8.42 Å². The Bertz CT molecular complexity index is 565. The van der Waals surface area contributed by atoms with Gasteiger partial charge in [0, 0.05) is 24.5 Å². The molecule has 1 aliphatic heterocycles. The average Bonchev–Trinajstić information content (AvgIpc) is 2.39. The zero-order chi connectivity index (χ0) is 13.9. The molecule has 6 nitrogen and oxygen atoms in total. The molecule has 0 aliphatic carbocycles. The lowest BCUT2D eigenvalue weighted by Gasteiger charge is -2.22. The zero-order valence-corrected chi connectivity index (χ0v) is 11.2. The molecule has 4 N–H and O–H groups in total. The molecular weight excluding hydrogens is 266 g/mol. The molecule has 0 atom stereocenters. The fourth-order valence-electron chi connectivity index (χ4n) is 1.98. The third-order valence-electron chi connectivity index (χ3n) is 3.04. The maximum atomic E-state index is 12.2. The van der Waals surface area contributed by atoms with E-state index in [1.54, 1.807) is 24.3 Å². The van der Waals surface area contributed by atoms with Gasteiger partial charge in [-0.15, -0.1) is 0 Å². The molecule has 1 aliphatic rings. The zero-order valence-electron chi connectivity index (χ0n) is 10.4. The largest absolute Gasteiger partial charge is 0.384 e. The Balaban J connectivity index is 2.15. The van der Waals surface area contributed by atoms with Gasteiger partial charge in [-0.1, -0.05) is 12.1 Å². The predicted octanol–water partition coefficient (Wildman–Crippen LogP) is 0.891. The van der Waals surface area contributed by atoms with Crippen LogP contribution in [-0.2, 0) is 14.8 Å². The van der Waals surface area contributed by atoms with Gasteiger partial charge in [-0.3, -0.25) is 10.1 Å². The lowest BCUT2D eigenvalue weighted by atomic mass is 10.2. The Morgan fingerprint density at radius 3 is 2.68 bits per heavy atom. The minimum atomic E-state index is -3.42. The molecule has 0 aromatic heterocycles. The van der Waals surface area contributed by atoms with Gasteiger partial charge in [0.05, 0.1) is 5.25 Å². The first-order chi connectivity index (χ1) is 8.99. The highest BCUT2D eigenvalue weighted by Gasteiger charge is 2.27. The molecule has 0 saturated carbocycles. The SMILES string of the molecule is N=C(N)c1cccc(NS(=O)(=O)C2CCOCC2)c1. The molecule has 1 saturated heterocycles. The lowest BCUT2D eigenvalue weighted by Crippen LogP contribution is -2.33. The van der Waals surface area contributed by atoms with E-state index in [2.05, 4.69) is 4.72 Å². The predicted molar refractivity (Wildman–Crippen MR) is 73.8 cm³/mol. The summed E-state index contributed by atoms with van der Waals surface area (Å²) in [5.41, 5.74) is 6.30. The molecule has 0 unspecified atom stereocenters. The number of ether oxygens (including phenoxy) is 1. The molecular formula is C12H17N3O3S. The van der Waals surface area contributed by atoms with Gasteiger partial charge in [-0.05, 0) is 25.0 Å². The first kappa shape index (κ1) is 13.8. The van der Waals surface area contributed by atoms with Crippen LogP contribution in [0.1, 0.15) is 18.4 Å². The minimum Gasteiger partial charge on any atom is -0.384 e. The molecule has 0 amide bonds. The van der Waals surface area contributed by atoms with Crippen LogP contribution in [0.3, 0.4) is 0 Å². The summed E-state index contributed by atoms with van der Waals surface area (Å²) in [7, 11) is -3.42. The number of nitrogens with one attached hydrogen (secondary N) is 2. The molecule has 0 spiro atoms. The Hall–Kier alpha value is -1.60. The van der Waals surface area contributed by atoms with Gasteiger partial charge in [-0.25, -0.2) is 8.42 Å². The molecule has 19 heavy (non-hydrogen) atoms. The topological polar surface area (TPSA) is 105 Å². The number of anilines is 1. The third kappa shape index (κ3) is 3.45. The number of nitrogen functional groups attached to an aromatic ring is 1. The maximum Gasteiger partial charge on any atom is 0.235 e. The summed E-state index contributed by atoms with van der Waals surface area (Å²) in [5, 5.41) is 6.91. The Morgan fingerprint density at radius 1 is 1.37 bits per heavy atom. The second kappa shape index (κ2) is 5.58. The van der Waals surface area contributed by atoms with Crippen molar-refractivity contribution in [2.75, 3.05) is 17.9 Å². The van der Waals surface area contributed by atoms with Crippen LogP contribution in [-0.4, -0.2) is 32.7 Å². The van der Waals surface area contributed by atoms with Gasteiger partial charge < -0.3 is 10.5 Å². The summed E-state index contributed by atoms with van der Waals surface area (Å²) < 4.78 is 32.1. The van der Waals surface area contributed by atoms with Crippen LogP contribution in [0.25, 0.3) is 0 Å². The number of hydrogen-bond acceptors (Lipinski definition) is 4. The van der Waals surface area contributed by atoms with Crippen molar-refractivity contribution in [2.24, 2.45) is 5.73 Å². The van der Waals surface area contributed by atoms with Gasteiger partial charge in [0.25, 0.3) is 0 Å². The second-order valence-electron chi connectivity index (χ2n) is 4.45. The van der Waals surface area contributed by atoms with E-state index in [-0.39, 0.29) is 5.84 Å². The van der Waals surface area contributed by atoms with Crippen LogP contribution >= 0.6 is 0 Å². The quantitative estimate of drug-likeness (QED) is 0.563. The van der Waals surface area contributed by atoms with Gasteiger partial charge in [0.2, 0.25) is 10.0 Å². The number of rotatable bonds is 4. The highest BCUT2D eigenvalue weighted by molar-refractivity contribution is 7.93. The highest BCUT2D eigenvalue weighted by Crippen LogP contribution is 2.19. The van der Waals surface area contributed by atoms with Crippen LogP contribution in [0.5, 0.6) is 0 Å². The number of nitrogens with two attached hydrogens (primary N) is 1. The van der Waals surface area contributed by atoms with E-state index in [0.717, 1.165) is 0 Å². The molecule has 1 fully saturated rings. The van der Waals surface area contributed by atoms with Crippen LogP contribution in [0, 0.1) is 5.41 Å². The van der Waals surface area contributed by atoms with Crippen LogP contribution in [0.4, 0.5) is 5.69 Å². The van der Waals surface area contributed by atoms with E-state index in [4.69, 9.17) is 15.9 Å². The van der Waals surface area contributed by atoms with E-state index in [1.165, 1.54) is 0 Å². The molecule has 1 aromatic carbocycles. The van der Waals surface area contributed by atoms with E-state index in [0.29, 0.717) is 37.3 Å². The molecule has 2 rings (SSSR count).